The molecule has 1 heterocycles. The molecule has 0 atom stereocenters. The van der Waals surface area contributed by atoms with Gasteiger partial charge < -0.3 is 5.32 Å². The van der Waals surface area contributed by atoms with Gasteiger partial charge in [0.1, 0.15) is 0 Å². The highest BCUT2D eigenvalue weighted by Crippen LogP contribution is 2.16. The molecular formula is C8H18ClN5. The van der Waals surface area contributed by atoms with E-state index in [1.54, 1.807) is 0 Å². The molecule has 0 aromatic carbocycles. The lowest BCUT2D eigenvalue weighted by Gasteiger charge is -2.13. The molecule has 0 saturated carbocycles. The zero-order valence-electron chi connectivity index (χ0n) is 8.90. The van der Waals surface area contributed by atoms with E-state index in [0.29, 0.717) is 6.04 Å². The van der Waals surface area contributed by atoms with Crippen molar-refractivity contribution in [2.75, 3.05) is 11.9 Å². The Hall–Kier alpha value is -0.840. The predicted molar refractivity (Wildman–Crippen MR) is 58.8 cm³/mol. The van der Waals surface area contributed by atoms with Crippen molar-refractivity contribution < 1.29 is 0 Å². The monoisotopic (exact) mass is 219 g/mol. The van der Waals surface area contributed by atoms with Crippen LogP contribution in [-0.2, 0) is 0 Å². The zero-order chi connectivity index (χ0) is 9.68. The third-order valence-corrected chi connectivity index (χ3v) is 2.12. The maximum absolute atomic E-state index is 3.97. The Labute approximate surface area is 90.7 Å². The highest BCUT2D eigenvalue weighted by atomic mass is 35.5. The second kappa shape index (κ2) is 6.59. The molecule has 5 nitrogen and oxygen atoms in total. The summed E-state index contributed by atoms with van der Waals surface area (Å²) in [6, 6.07) is 0.407. The normalized spacial score (nSPS) is 10.0. The predicted octanol–water partition coefficient (Wildman–Crippen LogP) is 1.89. The molecule has 0 amide bonds. The second-order valence-corrected chi connectivity index (χ2v) is 2.95. The Morgan fingerprint density at radius 3 is 2.43 bits per heavy atom. The van der Waals surface area contributed by atoms with Crippen molar-refractivity contribution in [2.45, 2.75) is 39.7 Å². The van der Waals surface area contributed by atoms with E-state index in [9.17, 15) is 0 Å². The van der Waals surface area contributed by atoms with Crippen LogP contribution in [-0.4, -0.2) is 26.8 Å². The van der Waals surface area contributed by atoms with Crippen LogP contribution < -0.4 is 5.32 Å². The highest BCUT2D eigenvalue weighted by molar-refractivity contribution is 5.85. The highest BCUT2D eigenvalue weighted by Gasteiger charge is 2.12. The molecule has 0 saturated heterocycles. The summed E-state index contributed by atoms with van der Waals surface area (Å²) in [6.45, 7) is 7.17. The molecule has 0 aliphatic heterocycles. The van der Waals surface area contributed by atoms with E-state index in [1.165, 1.54) is 0 Å². The van der Waals surface area contributed by atoms with E-state index in [1.807, 2.05) is 11.6 Å². The van der Waals surface area contributed by atoms with Crippen molar-refractivity contribution in [1.29, 1.82) is 0 Å². The van der Waals surface area contributed by atoms with Crippen LogP contribution in [0, 0.1) is 0 Å². The fourth-order valence-electron chi connectivity index (χ4n) is 1.35. The number of nitrogens with one attached hydrogen (secondary N) is 1. The number of aromatic nitrogens is 4. The van der Waals surface area contributed by atoms with E-state index in [2.05, 4.69) is 34.7 Å². The molecule has 0 aliphatic rings. The Kier molecular flexibility index (Phi) is 6.19. The first kappa shape index (κ1) is 13.2. The lowest BCUT2D eigenvalue weighted by molar-refractivity contribution is 0.422. The SMILES string of the molecule is CCNc1nnnn1C(CC)CC.Cl. The number of halogens is 1. The number of hydrogen-bond donors (Lipinski definition) is 1. The summed E-state index contributed by atoms with van der Waals surface area (Å²) in [5, 5.41) is 14.7. The Bertz CT molecular complexity index is 246. The van der Waals surface area contributed by atoms with Gasteiger partial charge in [-0.15, -0.1) is 12.4 Å². The van der Waals surface area contributed by atoms with Crippen LogP contribution in [0.25, 0.3) is 0 Å². The molecule has 82 valence electrons. The van der Waals surface area contributed by atoms with Gasteiger partial charge in [0.05, 0.1) is 6.04 Å². The van der Waals surface area contributed by atoms with Crippen LogP contribution in [0.2, 0.25) is 0 Å². The first-order chi connectivity index (χ1) is 6.33. The standard InChI is InChI=1S/C8H17N5.ClH/c1-4-7(5-2)13-8(9-6-3)10-11-12-13;/h7H,4-6H2,1-3H3,(H,9,10,12);1H. The van der Waals surface area contributed by atoms with Gasteiger partial charge >= 0.3 is 0 Å². The molecule has 0 unspecified atom stereocenters. The van der Waals surface area contributed by atoms with Gasteiger partial charge in [-0.2, -0.15) is 0 Å². The molecule has 0 spiro atoms. The van der Waals surface area contributed by atoms with Gasteiger partial charge in [-0.05, 0) is 30.2 Å². The molecule has 6 heteroatoms. The first-order valence-electron chi connectivity index (χ1n) is 4.85. The number of tetrazole rings is 1. The van der Waals surface area contributed by atoms with Gasteiger partial charge in [0, 0.05) is 6.54 Å². The molecule has 1 rings (SSSR count). The molecule has 1 N–H and O–H groups in total. The summed E-state index contributed by atoms with van der Waals surface area (Å²) in [7, 11) is 0. The Morgan fingerprint density at radius 1 is 1.29 bits per heavy atom. The zero-order valence-corrected chi connectivity index (χ0v) is 9.71. The van der Waals surface area contributed by atoms with Crippen molar-refractivity contribution in [3.8, 4) is 0 Å². The van der Waals surface area contributed by atoms with Gasteiger partial charge in [-0.3, -0.25) is 0 Å². The minimum atomic E-state index is 0. The fourth-order valence-corrected chi connectivity index (χ4v) is 1.35. The van der Waals surface area contributed by atoms with E-state index in [4.69, 9.17) is 0 Å². The van der Waals surface area contributed by atoms with Gasteiger partial charge in [0.2, 0.25) is 5.95 Å². The maximum atomic E-state index is 3.97. The average molecular weight is 220 g/mol. The minimum absolute atomic E-state index is 0. The number of anilines is 1. The third-order valence-electron chi connectivity index (χ3n) is 2.12. The summed E-state index contributed by atoms with van der Waals surface area (Å²) in [4.78, 5) is 0. The molecular weight excluding hydrogens is 202 g/mol. The molecule has 1 aromatic rings. The average Bonchev–Trinajstić information content (AvgIpc) is 2.57. The number of nitrogens with zero attached hydrogens (tertiary/aromatic N) is 4. The lowest BCUT2D eigenvalue weighted by Crippen LogP contribution is -2.13. The maximum Gasteiger partial charge on any atom is 0.243 e. The topological polar surface area (TPSA) is 55.6 Å². The number of rotatable bonds is 5. The quantitative estimate of drug-likeness (QED) is 0.822. The lowest BCUT2D eigenvalue weighted by atomic mass is 10.2. The van der Waals surface area contributed by atoms with Crippen LogP contribution in [0.3, 0.4) is 0 Å². The third kappa shape index (κ3) is 2.83. The van der Waals surface area contributed by atoms with Crippen molar-refractivity contribution in [3.05, 3.63) is 0 Å². The summed E-state index contributed by atoms with van der Waals surface area (Å²) in [6.07, 6.45) is 2.11. The summed E-state index contributed by atoms with van der Waals surface area (Å²) >= 11 is 0. The van der Waals surface area contributed by atoms with Gasteiger partial charge in [-0.1, -0.05) is 18.9 Å². The van der Waals surface area contributed by atoms with E-state index in [-0.39, 0.29) is 12.4 Å². The van der Waals surface area contributed by atoms with Crippen molar-refractivity contribution in [2.24, 2.45) is 0 Å². The Morgan fingerprint density at radius 2 is 1.93 bits per heavy atom. The molecule has 0 bridgehead atoms. The van der Waals surface area contributed by atoms with Crippen LogP contribution in [0.1, 0.15) is 39.7 Å². The van der Waals surface area contributed by atoms with E-state index in [0.717, 1.165) is 25.3 Å². The van der Waals surface area contributed by atoms with E-state index >= 15 is 0 Å². The van der Waals surface area contributed by atoms with Gasteiger partial charge in [0.25, 0.3) is 0 Å². The second-order valence-electron chi connectivity index (χ2n) is 2.95. The fraction of sp³-hybridized carbons (Fsp3) is 0.875. The molecule has 0 fully saturated rings. The Balaban J connectivity index is 0.00000169. The summed E-state index contributed by atoms with van der Waals surface area (Å²) in [5.74, 6) is 0.774. The molecule has 14 heavy (non-hydrogen) atoms. The van der Waals surface area contributed by atoms with Crippen molar-refractivity contribution >= 4 is 18.4 Å². The summed E-state index contributed by atoms with van der Waals surface area (Å²) in [5.41, 5.74) is 0. The van der Waals surface area contributed by atoms with Crippen LogP contribution in [0.15, 0.2) is 0 Å². The van der Waals surface area contributed by atoms with Crippen LogP contribution in [0.5, 0.6) is 0 Å². The molecule has 0 aliphatic carbocycles. The summed E-state index contributed by atoms with van der Waals surface area (Å²) < 4.78 is 1.86. The van der Waals surface area contributed by atoms with E-state index < -0.39 is 0 Å². The van der Waals surface area contributed by atoms with Gasteiger partial charge in [0.15, 0.2) is 0 Å². The largest absolute Gasteiger partial charge is 0.353 e. The van der Waals surface area contributed by atoms with Crippen molar-refractivity contribution in [3.63, 3.8) is 0 Å². The minimum Gasteiger partial charge on any atom is -0.353 e. The molecule has 1 aromatic heterocycles. The molecule has 0 radical (unpaired) electrons. The van der Waals surface area contributed by atoms with Crippen LogP contribution >= 0.6 is 12.4 Å². The van der Waals surface area contributed by atoms with Gasteiger partial charge in [-0.25, -0.2) is 4.68 Å². The van der Waals surface area contributed by atoms with Crippen LogP contribution in [0.4, 0.5) is 5.95 Å². The smallest absolute Gasteiger partial charge is 0.243 e. The van der Waals surface area contributed by atoms with Crippen molar-refractivity contribution in [1.82, 2.24) is 20.2 Å². The first-order valence-corrected chi connectivity index (χ1v) is 4.85. The number of hydrogen-bond acceptors (Lipinski definition) is 4.